The molecular weight excluding hydrogens is 1870 g/mol. The fraction of sp³-hybridized carbons (Fsp3) is 0.405. The van der Waals surface area contributed by atoms with Crippen molar-refractivity contribution in [1.29, 1.82) is 0 Å². The minimum absolute atomic E-state index is 1.00. The van der Waals surface area contributed by atoms with Crippen molar-refractivity contribution in [3.63, 3.8) is 0 Å². The van der Waals surface area contributed by atoms with E-state index in [1.807, 2.05) is 227 Å². The second kappa shape index (κ2) is 40.2. The fourth-order valence-electron chi connectivity index (χ4n) is 13.4. The van der Waals surface area contributed by atoms with Crippen LogP contribution in [0.1, 0.15) is 163 Å². The molecule has 580 valence electrons. The summed E-state index contributed by atoms with van der Waals surface area (Å²) in [5.41, 5.74) is 0. The lowest BCUT2D eigenvalue weighted by Gasteiger charge is -1.96. The first-order chi connectivity index (χ1) is 54.2. The van der Waals surface area contributed by atoms with Crippen molar-refractivity contribution < 1.29 is 18.9 Å². The van der Waals surface area contributed by atoms with E-state index < -0.39 is 0 Å². The van der Waals surface area contributed by atoms with Gasteiger partial charge in [-0.2, -0.15) is 0 Å². The topological polar surface area (TPSA) is 36.9 Å². The standard InChI is InChI=1S/C20H24S4.C14H11BrS4.C14H12S4.C10H3BrS4.C10H4S4.4C4H8O/c1-3-5-7-8-10-14-12-16-18-17(24-20(16)22-14)15-11-13(9-6-4-2)21-19(15)23-18;1-2-3-4-7-5-8-11-12(18-13(8)16-7)9-6-10(15)17-14(9)19-11;1-2-3-4-8-7-10-12-11(18-14(10)16-8)9-5-6-15-13(9)17-12;11-6-3-5-8-7(15-10(5)13-6)4-1-2-12-9(4)14-8;1-3-11-9-5(1)7-8(14-9)6-2-4-12-10(6)13-7;4*1-2-4-5-3-1/h11-12H,3-10H2,1-2H3;5-6H,2-4H2,1H3;5-7H,2-4H2,1H3;1-3H;1-4H;4*1-4H2. The molecule has 0 amide bonds. The number of ether oxygens (including phenoxy) is 4. The number of hydrogen-bond donors (Lipinski definition) is 0. The first kappa shape index (κ1) is 82.4. The Labute approximate surface area is 739 Å². The largest absolute Gasteiger partial charge is 0.381 e. The molecule has 24 heterocycles. The molecule has 110 heavy (non-hydrogen) atoms. The monoisotopic (exact) mass is 1960 g/mol. The van der Waals surface area contributed by atoms with E-state index in [1.165, 1.54) is 272 Å². The van der Waals surface area contributed by atoms with Gasteiger partial charge in [-0.05, 0) is 217 Å². The number of aryl methyl sites for hydroxylation is 4. The molecule has 0 radical (unpaired) electrons. The van der Waals surface area contributed by atoms with Crippen LogP contribution in [0, 0.1) is 0 Å². The van der Waals surface area contributed by atoms with Gasteiger partial charge in [-0.15, -0.1) is 227 Å². The molecule has 4 saturated heterocycles. The van der Waals surface area contributed by atoms with Crippen molar-refractivity contribution in [3.8, 4) is 0 Å². The molecule has 4 aliphatic heterocycles. The summed E-state index contributed by atoms with van der Waals surface area (Å²) in [7, 11) is 0. The third-order valence-corrected chi connectivity index (χ3v) is 45.0. The summed E-state index contributed by atoms with van der Waals surface area (Å²) in [6.45, 7) is 17.1. The number of thiophene rings is 20. The first-order valence-corrected chi connectivity index (χ1v) is 56.6. The Morgan fingerprint density at radius 1 is 0.236 bits per heavy atom. The van der Waals surface area contributed by atoms with E-state index in [0.29, 0.717) is 0 Å². The summed E-state index contributed by atoms with van der Waals surface area (Å²) in [6, 6.07) is 23.4. The number of rotatable bonds is 14. The normalized spacial score (nSPS) is 14.4. The molecule has 0 unspecified atom stereocenters. The maximum atomic E-state index is 4.94. The lowest BCUT2D eigenvalue weighted by atomic mass is 10.1. The number of hydrogen-bond acceptors (Lipinski definition) is 24. The molecule has 0 aliphatic carbocycles. The van der Waals surface area contributed by atoms with Gasteiger partial charge in [-0.25, -0.2) is 0 Å². The van der Waals surface area contributed by atoms with Gasteiger partial charge < -0.3 is 18.9 Å². The van der Waals surface area contributed by atoms with E-state index >= 15 is 0 Å². The molecule has 0 spiro atoms. The minimum Gasteiger partial charge on any atom is -0.381 e. The fourth-order valence-corrected chi connectivity index (χ4v) is 41.7. The Bertz CT molecular complexity index is 6090. The first-order valence-electron chi connectivity index (χ1n) is 38.4. The summed E-state index contributed by atoms with van der Waals surface area (Å²) >= 11 is 46.1. The van der Waals surface area contributed by atoms with Crippen LogP contribution in [0.25, 0.3) is 141 Å². The van der Waals surface area contributed by atoms with Crippen molar-refractivity contribution in [2.24, 2.45) is 0 Å². The van der Waals surface area contributed by atoms with Gasteiger partial charge in [-0.3, -0.25) is 0 Å². The van der Waals surface area contributed by atoms with Crippen LogP contribution in [0.4, 0.5) is 0 Å². The minimum atomic E-state index is 1.00. The second-order valence-corrected chi connectivity index (χ2v) is 53.2. The zero-order valence-corrected chi connectivity index (χ0v) is 81.4. The Balaban J connectivity index is 0.0000000986. The summed E-state index contributed by atoms with van der Waals surface area (Å²) in [4.78, 5) is 6.29. The Kier molecular flexibility index (Phi) is 30.1. The predicted molar refractivity (Wildman–Crippen MR) is 532 cm³/mol. The van der Waals surface area contributed by atoms with Crippen LogP contribution in [0.15, 0.2) is 89.8 Å². The Morgan fingerprint density at radius 3 is 0.691 bits per heavy atom. The van der Waals surface area contributed by atoms with Crippen LogP contribution in [-0.2, 0) is 44.6 Å². The van der Waals surface area contributed by atoms with Gasteiger partial charge in [0.05, 0.1) is 94.7 Å². The van der Waals surface area contributed by atoms with E-state index in [9.17, 15) is 0 Å². The van der Waals surface area contributed by atoms with E-state index in [4.69, 9.17) is 18.9 Å². The van der Waals surface area contributed by atoms with Gasteiger partial charge in [-0.1, -0.05) is 66.2 Å². The number of unbranched alkanes of at least 4 members (excludes halogenated alkanes) is 6. The summed E-state index contributed by atoms with van der Waals surface area (Å²) in [6.07, 6.45) is 28.5. The highest BCUT2D eigenvalue weighted by Crippen LogP contribution is 2.55. The number of halogens is 2. The van der Waals surface area contributed by atoms with Crippen LogP contribution >= 0.6 is 259 Å². The molecule has 0 N–H and O–H groups in total. The zero-order chi connectivity index (χ0) is 74.9. The molecule has 4 nitrogen and oxygen atoms in total. The molecule has 24 rings (SSSR count). The lowest BCUT2D eigenvalue weighted by molar-refractivity contribution is 0.198. The van der Waals surface area contributed by atoms with Gasteiger partial charge in [0.25, 0.3) is 0 Å². The highest BCUT2D eigenvalue weighted by molar-refractivity contribution is 9.11. The molecule has 0 bridgehead atoms. The molecule has 4 fully saturated rings. The van der Waals surface area contributed by atoms with E-state index in [0.717, 1.165) is 52.9 Å². The number of fused-ring (bicyclic) bond motifs is 25. The van der Waals surface area contributed by atoms with Gasteiger partial charge in [0, 0.05) is 126 Å². The van der Waals surface area contributed by atoms with Gasteiger partial charge >= 0.3 is 0 Å². The third kappa shape index (κ3) is 19.3. The van der Waals surface area contributed by atoms with E-state index in [2.05, 4.69) is 142 Å². The summed E-state index contributed by atoms with van der Waals surface area (Å²) in [5.74, 6) is 0. The van der Waals surface area contributed by atoms with Gasteiger partial charge in [0.15, 0.2) is 0 Å². The Morgan fingerprint density at radius 2 is 0.455 bits per heavy atom. The maximum Gasteiger partial charge on any atom is 0.0898 e. The quantitative estimate of drug-likeness (QED) is 0.102. The van der Waals surface area contributed by atoms with Crippen LogP contribution in [0.5, 0.6) is 0 Å². The molecule has 20 aromatic rings. The van der Waals surface area contributed by atoms with Crippen LogP contribution < -0.4 is 0 Å². The van der Waals surface area contributed by atoms with Crippen molar-refractivity contribution in [2.45, 2.75) is 169 Å². The van der Waals surface area contributed by atoms with Crippen LogP contribution in [-0.4, -0.2) is 52.9 Å². The SMILES string of the molecule is Brc1cc2c(s1)sc1c3ccsc3sc21.C1CCOC1.C1CCOC1.C1CCOC1.C1CCOC1.CCCCCCc1cc2c(s1)sc1c3cc(CCCC)sc3sc21.CCCCc1cc2c(s1)sc1c3cc(Br)sc3sc21.CCCCc1cc2c(s1)sc1c3ccsc3sc21.c1cc2c(s1)sc1c3ccsc3sc21. The lowest BCUT2D eigenvalue weighted by Crippen LogP contribution is -1.80. The predicted octanol–water partition coefficient (Wildman–Crippen LogP) is 37.8. The average molecular weight is 1960 g/mol. The van der Waals surface area contributed by atoms with Crippen LogP contribution in [0.2, 0.25) is 0 Å². The molecule has 0 atom stereocenters. The molecule has 0 saturated carbocycles. The van der Waals surface area contributed by atoms with Crippen molar-refractivity contribution in [2.75, 3.05) is 52.9 Å². The van der Waals surface area contributed by atoms with Crippen LogP contribution in [0.3, 0.4) is 0 Å². The van der Waals surface area contributed by atoms with E-state index in [1.54, 1.807) is 36.9 Å². The van der Waals surface area contributed by atoms with Crippen molar-refractivity contribution in [3.05, 3.63) is 109 Å². The molecule has 26 heteroatoms. The van der Waals surface area contributed by atoms with Crippen molar-refractivity contribution in [1.82, 2.24) is 0 Å². The van der Waals surface area contributed by atoms with Gasteiger partial charge in [0.1, 0.15) is 0 Å². The van der Waals surface area contributed by atoms with E-state index in [-0.39, 0.29) is 0 Å². The van der Waals surface area contributed by atoms with Crippen molar-refractivity contribution >= 4 is 400 Å². The highest BCUT2D eigenvalue weighted by Gasteiger charge is 2.21. The summed E-state index contributed by atoms with van der Waals surface area (Å²) in [5, 5.41) is 23.6. The molecule has 20 aromatic heterocycles. The maximum absolute atomic E-state index is 4.94. The highest BCUT2D eigenvalue weighted by atomic mass is 79.9. The second-order valence-electron chi connectivity index (χ2n) is 27.4. The molecular formula is C84H86Br2O4S20. The Hall–Kier alpha value is -1.30. The zero-order valence-electron chi connectivity index (χ0n) is 61.8. The summed E-state index contributed by atoms with van der Waals surface area (Å²) < 4.78 is 52.2. The third-order valence-electron chi connectivity index (χ3n) is 19.2. The molecule has 4 aliphatic rings. The average Bonchev–Trinajstić information content (AvgIpc) is 1.60. The molecule has 0 aromatic carbocycles. The van der Waals surface area contributed by atoms with Gasteiger partial charge in [0.2, 0.25) is 0 Å². The smallest absolute Gasteiger partial charge is 0.0898 e.